The van der Waals surface area contributed by atoms with Crippen LogP contribution in [0.3, 0.4) is 0 Å². The number of nitrogens with one attached hydrogen (secondary N) is 1. The highest BCUT2D eigenvalue weighted by Gasteiger charge is 1.98. The normalized spacial score (nSPS) is 10.0. The van der Waals surface area contributed by atoms with Gasteiger partial charge in [-0.3, -0.25) is 4.79 Å². The minimum atomic E-state index is 0.206. The van der Waals surface area contributed by atoms with E-state index in [4.69, 9.17) is 0 Å². The third kappa shape index (κ3) is 9.38. The first kappa shape index (κ1) is 12.5. The quantitative estimate of drug-likeness (QED) is 0.577. The summed E-state index contributed by atoms with van der Waals surface area (Å²) in [6.07, 6.45) is 7.18. The van der Waals surface area contributed by atoms with Gasteiger partial charge < -0.3 is 5.32 Å². The standard InChI is InChI=1S/C11H22NO/c1-3-5-7-9-11(13)12-10-8-6-4-2/h2-10H2,1H3,(H,12,13). The molecule has 2 heteroatoms. The van der Waals surface area contributed by atoms with Crippen molar-refractivity contribution in [3.8, 4) is 0 Å². The number of hydrogen-bond donors (Lipinski definition) is 1. The van der Waals surface area contributed by atoms with Gasteiger partial charge in [0.15, 0.2) is 0 Å². The molecule has 0 atom stereocenters. The lowest BCUT2D eigenvalue weighted by Gasteiger charge is -2.03. The van der Waals surface area contributed by atoms with Gasteiger partial charge in [0.2, 0.25) is 5.91 Å². The Balaban J connectivity index is 3.11. The van der Waals surface area contributed by atoms with Crippen molar-refractivity contribution in [2.45, 2.75) is 51.9 Å². The van der Waals surface area contributed by atoms with Gasteiger partial charge in [0.1, 0.15) is 0 Å². The van der Waals surface area contributed by atoms with Crippen LogP contribution in [0.4, 0.5) is 0 Å². The van der Waals surface area contributed by atoms with Crippen LogP contribution in [-0.4, -0.2) is 12.5 Å². The monoisotopic (exact) mass is 184 g/mol. The third-order valence-electron chi connectivity index (χ3n) is 2.01. The Kier molecular flexibility index (Phi) is 9.17. The molecule has 0 aliphatic carbocycles. The number of amides is 1. The molecule has 0 aromatic heterocycles. The molecule has 0 rings (SSSR count). The van der Waals surface area contributed by atoms with Gasteiger partial charge in [0, 0.05) is 13.0 Å². The molecule has 13 heavy (non-hydrogen) atoms. The zero-order chi connectivity index (χ0) is 9.94. The van der Waals surface area contributed by atoms with E-state index in [0.717, 1.165) is 38.6 Å². The maximum Gasteiger partial charge on any atom is 0.219 e. The Morgan fingerprint density at radius 2 is 2.00 bits per heavy atom. The van der Waals surface area contributed by atoms with Crippen molar-refractivity contribution in [2.75, 3.05) is 6.54 Å². The van der Waals surface area contributed by atoms with Crippen LogP contribution in [0, 0.1) is 6.92 Å². The molecule has 1 radical (unpaired) electrons. The first-order valence-corrected chi connectivity index (χ1v) is 5.37. The molecule has 0 fully saturated rings. The minimum Gasteiger partial charge on any atom is -0.356 e. The summed E-state index contributed by atoms with van der Waals surface area (Å²) in [5.74, 6) is 0.206. The van der Waals surface area contributed by atoms with E-state index in [0.29, 0.717) is 6.42 Å². The summed E-state index contributed by atoms with van der Waals surface area (Å²) in [6.45, 7) is 6.72. The van der Waals surface area contributed by atoms with Gasteiger partial charge in [-0.25, -0.2) is 0 Å². The van der Waals surface area contributed by atoms with Crippen LogP contribution in [0.1, 0.15) is 51.9 Å². The Morgan fingerprint density at radius 3 is 2.62 bits per heavy atom. The Hall–Kier alpha value is -0.530. The molecule has 0 saturated carbocycles. The van der Waals surface area contributed by atoms with E-state index in [9.17, 15) is 4.79 Å². The molecule has 0 aromatic rings. The molecule has 0 aliphatic rings. The maximum atomic E-state index is 11.2. The fraction of sp³-hybridized carbons (Fsp3) is 0.818. The lowest BCUT2D eigenvalue weighted by Crippen LogP contribution is -2.23. The van der Waals surface area contributed by atoms with Gasteiger partial charge >= 0.3 is 0 Å². The van der Waals surface area contributed by atoms with Crippen molar-refractivity contribution in [1.29, 1.82) is 0 Å². The van der Waals surface area contributed by atoms with Crippen molar-refractivity contribution < 1.29 is 4.79 Å². The van der Waals surface area contributed by atoms with Gasteiger partial charge in [-0.05, 0) is 12.8 Å². The van der Waals surface area contributed by atoms with Gasteiger partial charge in [-0.1, -0.05) is 39.5 Å². The molecule has 77 valence electrons. The van der Waals surface area contributed by atoms with Crippen molar-refractivity contribution in [3.63, 3.8) is 0 Å². The summed E-state index contributed by atoms with van der Waals surface area (Å²) in [7, 11) is 0. The molecular formula is C11H22NO. The predicted octanol–water partition coefficient (Wildman–Crippen LogP) is 2.69. The van der Waals surface area contributed by atoms with Crippen LogP contribution in [0.15, 0.2) is 0 Å². The lowest BCUT2D eigenvalue weighted by atomic mass is 10.2. The second-order valence-corrected chi connectivity index (χ2v) is 3.37. The van der Waals surface area contributed by atoms with E-state index in [-0.39, 0.29) is 5.91 Å². The highest BCUT2D eigenvalue weighted by molar-refractivity contribution is 5.75. The molecule has 0 bridgehead atoms. The molecule has 0 spiro atoms. The van der Waals surface area contributed by atoms with Gasteiger partial charge in [0.05, 0.1) is 0 Å². The summed E-state index contributed by atoms with van der Waals surface area (Å²) in [5.41, 5.74) is 0. The van der Waals surface area contributed by atoms with Crippen LogP contribution < -0.4 is 5.32 Å². The molecule has 0 heterocycles. The average molecular weight is 184 g/mol. The smallest absolute Gasteiger partial charge is 0.219 e. The maximum absolute atomic E-state index is 11.2. The van der Waals surface area contributed by atoms with E-state index in [1.807, 2.05) is 0 Å². The first-order chi connectivity index (χ1) is 6.31. The molecule has 0 aliphatic heterocycles. The fourth-order valence-corrected chi connectivity index (χ4v) is 1.15. The van der Waals surface area contributed by atoms with Gasteiger partial charge in [0.25, 0.3) is 0 Å². The minimum absolute atomic E-state index is 0.206. The van der Waals surface area contributed by atoms with E-state index in [1.54, 1.807) is 0 Å². The van der Waals surface area contributed by atoms with Crippen LogP contribution in [0.5, 0.6) is 0 Å². The topological polar surface area (TPSA) is 29.1 Å². The zero-order valence-corrected chi connectivity index (χ0v) is 8.77. The number of carbonyl (C=O) groups is 1. The van der Waals surface area contributed by atoms with Crippen molar-refractivity contribution >= 4 is 5.91 Å². The molecular weight excluding hydrogens is 162 g/mol. The van der Waals surface area contributed by atoms with Crippen LogP contribution in [-0.2, 0) is 4.79 Å². The number of unbranched alkanes of at least 4 members (excludes halogenated alkanes) is 4. The number of carbonyl (C=O) groups excluding carboxylic acids is 1. The average Bonchev–Trinajstić information content (AvgIpc) is 2.13. The second kappa shape index (κ2) is 9.56. The highest BCUT2D eigenvalue weighted by Crippen LogP contribution is 1.98. The third-order valence-corrected chi connectivity index (χ3v) is 2.01. The fourth-order valence-electron chi connectivity index (χ4n) is 1.15. The predicted molar refractivity (Wildman–Crippen MR) is 56.4 cm³/mol. The lowest BCUT2D eigenvalue weighted by molar-refractivity contribution is -0.121. The number of rotatable bonds is 8. The van der Waals surface area contributed by atoms with Crippen molar-refractivity contribution in [3.05, 3.63) is 6.92 Å². The summed E-state index contributed by atoms with van der Waals surface area (Å²) in [4.78, 5) is 11.2. The summed E-state index contributed by atoms with van der Waals surface area (Å²) in [5, 5.41) is 2.91. The number of hydrogen-bond acceptors (Lipinski definition) is 1. The van der Waals surface area contributed by atoms with Crippen LogP contribution >= 0.6 is 0 Å². The zero-order valence-electron chi connectivity index (χ0n) is 8.77. The van der Waals surface area contributed by atoms with E-state index in [2.05, 4.69) is 19.2 Å². The van der Waals surface area contributed by atoms with E-state index >= 15 is 0 Å². The summed E-state index contributed by atoms with van der Waals surface area (Å²) in [6, 6.07) is 0. The summed E-state index contributed by atoms with van der Waals surface area (Å²) >= 11 is 0. The van der Waals surface area contributed by atoms with Crippen molar-refractivity contribution in [2.24, 2.45) is 0 Å². The largest absolute Gasteiger partial charge is 0.356 e. The molecule has 2 nitrogen and oxygen atoms in total. The summed E-state index contributed by atoms with van der Waals surface area (Å²) < 4.78 is 0. The first-order valence-electron chi connectivity index (χ1n) is 5.37. The second-order valence-electron chi connectivity index (χ2n) is 3.37. The Morgan fingerprint density at radius 1 is 1.23 bits per heavy atom. The van der Waals surface area contributed by atoms with Crippen LogP contribution in [0.25, 0.3) is 0 Å². The SMILES string of the molecule is [CH2]CCCCNC(=O)CCCCC. The molecule has 0 aromatic carbocycles. The van der Waals surface area contributed by atoms with Crippen molar-refractivity contribution in [1.82, 2.24) is 5.32 Å². The highest BCUT2D eigenvalue weighted by atomic mass is 16.1. The van der Waals surface area contributed by atoms with E-state index in [1.165, 1.54) is 6.42 Å². The van der Waals surface area contributed by atoms with Gasteiger partial charge in [-0.15, -0.1) is 0 Å². The Bertz CT molecular complexity index is 123. The molecule has 1 amide bonds. The molecule has 1 N–H and O–H groups in total. The Labute approximate surface area is 82.1 Å². The van der Waals surface area contributed by atoms with Gasteiger partial charge in [-0.2, -0.15) is 0 Å². The molecule has 0 saturated heterocycles. The van der Waals surface area contributed by atoms with E-state index < -0.39 is 0 Å². The van der Waals surface area contributed by atoms with Crippen LogP contribution in [0.2, 0.25) is 0 Å². The molecule has 0 unspecified atom stereocenters.